The van der Waals surface area contributed by atoms with Crippen molar-refractivity contribution in [1.82, 2.24) is 4.90 Å². The highest BCUT2D eigenvalue weighted by Gasteiger charge is 2.40. The van der Waals surface area contributed by atoms with Gasteiger partial charge in [0.2, 0.25) is 0 Å². The zero-order valence-corrected chi connectivity index (χ0v) is 13.0. The maximum atomic E-state index is 12.5. The molecule has 3 atom stereocenters. The fraction of sp³-hybridized carbons (Fsp3) is 0.611. The van der Waals surface area contributed by atoms with E-state index in [-0.39, 0.29) is 18.0 Å². The average Bonchev–Trinajstić information content (AvgIpc) is 2.72. The Morgan fingerprint density at radius 1 is 1.24 bits per heavy atom. The fourth-order valence-corrected chi connectivity index (χ4v) is 3.93. The number of fused-ring (bicyclic) bond motifs is 2. The molecule has 21 heavy (non-hydrogen) atoms. The van der Waals surface area contributed by atoms with E-state index < -0.39 is 0 Å². The first kappa shape index (κ1) is 14.6. The highest BCUT2D eigenvalue weighted by atomic mass is 16.5. The van der Waals surface area contributed by atoms with Gasteiger partial charge in [-0.15, -0.1) is 0 Å². The smallest absolute Gasteiger partial charge is 0.313 e. The van der Waals surface area contributed by atoms with Crippen LogP contribution in [0.3, 0.4) is 0 Å². The Balaban J connectivity index is 1.63. The normalized spacial score (nSPS) is 30.1. The number of carbonyl (C=O) groups excluding carboxylic acids is 1. The fourth-order valence-electron chi connectivity index (χ4n) is 3.93. The minimum Gasteiger partial charge on any atom is -0.462 e. The molecule has 0 amide bonds. The van der Waals surface area contributed by atoms with Crippen LogP contribution in [0.5, 0.6) is 0 Å². The van der Waals surface area contributed by atoms with Crippen molar-refractivity contribution >= 4 is 5.97 Å². The van der Waals surface area contributed by atoms with Crippen LogP contribution < -0.4 is 0 Å². The van der Waals surface area contributed by atoms with Crippen LogP contribution in [0.1, 0.15) is 50.5 Å². The Bertz CT molecular complexity index is 473. The van der Waals surface area contributed by atoms with Crippen molar-refractivity contribution in [2.24, 2.45) is 0 Å². The van der Waals surface area contributed by atoms with Gasteiger partial charge >= 0.3 is 5.97 Å². The summed E-state index contributed by atoms with van der Waals surface area (Å²) in [7, 11) is 2.21. The molecular formula is C18H25NO2. The number of esters is 1. The van der Waals surface area contributed by atoms with Gasteiger partial charge in [0.05, 0.1) is 5.92 Å². The maximum absolute atomic E-state index is 12.5. The lowest BCUT2D eigenvalue weighted by atomic mass is 9.96. The van der Waals surface area contributed by atoms with Crippen LogP contribution in [-0.2, 0) is 9.53 Å². The van der Waals surface area contributed by atoms with E-state index in [0.717, 1.165) is 24.8 Å². The Morgan fingerprint density at radius 3 is 2.43 bits per heavy atom. The van der Waals surface area contributed by atoms with Crippen molar-refractivity contribution < 1.29 is 9.53 Å². The molecule has 2 saturated heterocycles. The van der Waals surface area contributed by atoms with Crippen molar-refractivity contribution in [1.29, 1.82) is 0 Å². The van der Waals surface area contributed by atoms with E-state index in [0.29, 0.717) is 12.1 Å². The Kier molecular flexibility index (Phi) is 4.29. The van der Waals surface area contributed by atoms with Crippen LogP contribution in [0.15, 0.2) is 30.3 Å². The molecule has 2 heterocycles. The lowest BCUT2D eigenvalue weighted by molar-refractivity contribution is -0.154. The zero-order valence-electron chi connectivity index (χ0n) is 13.0. The van der Waals surface area contributed by atoms with E-state index in [2.05, 4.69) is 18.9 Å². The number of piperidine rings is 1. The molecule has 0 unspecified atom stereocenters. The molecule has 2 aliphatic rings. The third-order valence-electron chi connectivity index (χ3n) is 5.23. The summed E-state index contributed by atoms with van der Waals surface area (Å²) >= 11 is 0. The molecule has 2 aliphatic heterocycles. The van der Waals surface area contributed by atoms with Gasteiger partial charge in [0.25, 0.3) is 0 Å². The van der Waals surface area contributed by atoms with E-state index in [9.17, 15) is 4.79 Å². The summed E-state index contributed by atoms with van der Waals surface area (Å²) in [6.45, 7) is 2.05. The molecule has 0 aliphatic carbocycles. The molecule has 3 rings (SSSR count). The molecule has 114 valence electrons. The van der Waals surface area contributed by atoms with Gasteiger partial charge in [-0.1, -0.05) is 37.3 Å². The van der Waals surface area contributed by atoms with Crippen LogP contribution in [-0.4, -0.2) is 36.1 Å². The van der Waals surface area contributed by atoms with Crippen LogP contribution in [0.4, 0.5) is 0 Å². The van der Waals surface area contributed by atoms with Crippen molar-refractivity contribution in [3.63, 3.8) is 0 Å². The molecular weight excluding hydrogens is 262 g/mol. The summed E-state index contributed by atoms with van der Waals surface area (Å²) in [6, 6.07) is 11.2. The SMILES string of the molecule is CC[C@H](C(=O)OC1C[C@@H]2CC[C@@H](C1)N2C)c1ccccc1. The molecule has 0 saturated carbocycles. The van der Waals surface area contributed by atoms with Crippen molar-refractivity contribution in [3.05, 3.63) is 35.9 Å². The van der Waals surface area contributed by atoms with Gasteiger partial charge in [0.1, 0.15) is 6.10 Å². The van der Waals surface area contributed by atoms with E-state index in [1.54, 1.807) is 0 Å². The summed E-state index contributed by atoms with van der Waals surface area (Å²) in [5.74, 6) is -0.166. The van der Waals surface area contributed by atoms with Gasteiger partial charge in [-0.2, -0.15) is 0 Å². The Morgan fingerprint density at radius 2 is 1.86 bits per heavy atom. The van der Waals surface area contributed by atoms with Gasteiger partial charge < -0.3 is 9.64 Å². The van der Waals surface area contributed by atoms with Crippen molar-refractivity contribution in [2.45, 2.75) is 63.1 Å². The molecule has 1 aromatic rings. The molecule has 3 nitrogen and oxygen atoms in total. The average molecular weight is 287 g/mol. The highest BCUT2D eigenvalue weighted by Crippen LogP contribution is 2.36. The van der Waals surface area contributed by atoms with Crippen LogP contribution in [0.25, 0.3) is 0 Å². The molecule has 0 N–H and O–H groups in total. The summed E-state index contributed by atoms with van der Waals surface area (Å²) in [5.41, 5.74) is 1.07. The maximum Gasteiger partial charge on any atom is 0.313 e. The minimum atomic E-state index is -0.122. The lowest BCUT2D eigenvalue weighted by Gasteiger charge is -2.36. The molecule has 2 bridgehead atoms. The molecule has 1 aromatic carbocycles. The van der Waals surface area contributed by atoms with E-state index in [1.165, 1.54) is 12.8 Å². The molecule has 3 heteroatoms. The molecule has 0 radical (unpaired) electrons. The monoisotopic (exact) mass is 287 g/mol. The first-order valence-corrected chi connectivity index (χ1v) is 8.16. The topological polar surface area (TPSA) is 29.5 Å². The van der Waals surface area contributed by atoms with Gasteiger partial charge in [-0.3, -0.25) is 4.79 Å². The van der Waals surface area contributed by atoms with Gasteiger partial charge in [0, 0.05) is 12.1 Å². The summed E-state index contributed by atoms with van der Waals surface area (Å²) in [5, 5.41) is 0. The predicted molar refractivity (Wildman–Crippen MR) is 83.2 cm³/mol. The van der Waals surface area contributed by atoms with Gasteiger partial charge in [0.15, 0.2) is 0 Å². The Hall–Kier alpha value is -1.35. The Labute approximate surface area is 127 Å². The van der Waals surface area contributed by atoms with Crippen molar-refractivity contribution in [3.8, 4) is 0 Å². The first-order valence-electron chi connectivity index (χ1n) is 8.16. The third-order valence-corrected chi connectivity index (χ3v) is 5.23. The number of ether oxygens (including phenoxy) is 1. The predicted octanol–water partition coefficient (Wildman–Crippen LogP) is 3.35. The zero-order chi connectivity index (χ0) is 14.8. The molecule has 0 spiro atoms. The quantitative estimate of drug-likeness (QED) is 0.795. The van der Waals surface area contributed by atoms with Gasteiger partial charge in [-0.05, 0) is 44.7 Å². The van der Waals surface area contributed by atoms with Crippen LogP contribution >= 0.6 is 0 Å². The summed E-state index contributed by atoms with van der Waals surface area (Å²) in [6.07, 6.45) is 5.43. The third kappa shape index (κ3) is 2.98. The molecule has 0 aromatic heterocycles. The van der Waals surface area contributed by atoms with E-state index >= 15 is 0 Å². The molecule has 2 fully saturated rings. The number of carbonyl (C=O) groups is 1. The lowest BCUT2D eigenvalue weighted by Crippen LogP contribution is -2.43. The largest absolute Gasteiger partial charge is 0.462 e. The highest BCUT2D eigenvalue weighted by molar-refractivity contribution is 5.78. The standard InChI is InChI=1S/C18H25NO2/c1-3-17(13-7-5-4-6-8-13)18(20)21-16-11-14-9-10-15(12-16)19(14)2/h4-8,14-17H,3,9-12H2,1-2H3/t14-,15-,17-/m0/s1. The number of rotatable bonds is 4. The number of hydrogen-bond acceptors (Lipinski definition) is 3. The number of hydrogen-bond donors (Lipinski definition) is 0. The van der Waals surface area contributed by atoms with E-state index in [4.69, 9.17) is 4.74 Å². The second-order valence-electron chi connectivity index (χ2n) is 6.45. The number of benzene rings is 1. The van der Waals surface area contributed by atoms with Crippen LogP contribution in [0, 0.1) is 0 Å². The summed E-state index contributed by atoms with van der Waals surface area (Å²) in [4.78, 5) is 15.0. The first-order chi connectivity index (χ1) is 10.2. The van der Waals surface area contributed by atoms with E-state index in [1.807, 2.05) is 30.3 Å². The van der Waals surface area contributed by atoms with Crippen molar-refractivity contribution in [2.75, 3.05) is 7.05 Å². The number of nitrogens with zero attached hydrogens (tertiary/aromatic N) is 1. The minimum absolute atomic E-state index is 0.0438. The summed E-state index contributed by atoms with van der Waals surface area (Å²) < 4.78 is 5.86. The second kappa shape index (κ2) is 6.18. The second-order valence-corrected chi connectivity index (χ2v) is 6.45. The van der Waals surface area contributed by atoms with Crippen LogP contribution in [0.2, 0.25) is 0 Å². The van der Waals surface area contributed by atoms with Gasteiger partial charge in [-0.25, -0.2) is 0 Å².